The molecule has 0 saturated carbocycles. The van der Waals surface area contributed by atoms with Gasteiger partial charge in [0, 0.05) is 53.0 Å². The van der Waals surface area contributed by atoms with E-state index in [1.54, 1.807) is 65.9 Å². The Bertz CT molecular complexity index is 2750. The Morgan fingerprint density at radius 2 is 1.16 bits per heavy atom. The normalized spacial score (nSPS) is 12.8. The second-order valence-electron chi connectivity index (χ2n) is 14.3. The number of hydrogen-bond acceptors (Lipinski definition) is 10. The van der Waals surface area contributed by atoms with Gasteiger partial charge in [-0.1, -0.05) is 29.6 Å². The van der Waals surface area contributed by atoms with Gasteiger partial charge in [-0.3, -0.25) is 19.0 Å². The van der Waals surface area contributed by atoms with Crippen molar-refractivity contribution in [1.82, 2.24) is 38.3 Å². The van der Waals surface area contributed by atoms with Crippen LogP contribution in [0.2, 0.25) is 10.0 Å². The number of rotatable bonds is 6. The lowest BCUT2D eigenvalue weighted by Crippen LogP contribution is -2.27. The van der Waals surface area contributed by atoms with E-state index in [1.165, 1.54) is 0 Å². The minimum Gasteiger partial charge on any atom is -0.493 e. The highest BCUT2D eigenvalue weighted by atomic mass is 35.5. The molecule has 0 atom stereocenters. The van der Waals surface area contributed by atoms with Gasteiger partial charge in [0.15, 0.2) is 0 Å². The summed E-state index contributed by atoms with van der Waals surface area (Å²) in [7, 11) is 0. The molecule has 0 bridgehead atoms. The average molecular weight is 898 g/mol. The number of aromatic hydroxyl groups is 1. The molecule has 61 heavy (non-hydrogen) atoms. The van der Waals surface area contributed by atoms with Crippen LogP contribution in [-0.4, -0.2) is 61.6 Å². The number of aryl methyl sites for hydroxylation is 4. The highest BCUT2D eigenvalue weighted by molar-refractivity contribution is 6.61. The Morgan fingerprint density at radius 1 is 0.738 bits per heavy atom. The first-order valence-electron chi connectivity index (χ1n) is 19.3. The summed E-state index contributed by atoms with van der Waals surface area (Å²) >= 11 is 16.5. The maximum absolute atomic E-state index is 13.3. The third-order valence-electron chi connectivity index (χ3n) is 10.1. The van der Waals surface area contributed by atoms with Crippen molar-refractivity contribution in [2.45, 2.75) is 86.5 Å². The molecule has 0 unspecified atom stereocenters. The monoisotopic (exact) mass is 896 g/mol. The number of halogens is 3. The highest BCUT2D eigenvalue weighted by Gasteiger charge is 2.29. The SMILES string of the molecule is C#COC(=O)Cl.CCOC(=O)Oc1c(-c2c(C)cc(-n3cc(Cl)cn3)cc2C)c(=O)n2n1CCCC2.Cc1cc(-n2cc(Cl)cn2)cc(C)c1-c1c(O)n2n(c1=O)CCCC2.[HH].[HH]. The lowest BCUT2D eigenvalue weighted by atomic mass is 9.96. The molecule has 0 amide bonds. The predicted molar refractivity (Wildman–Crippen MR) is 235 cm³/mol. The summed E-state index contributed by atoms with van der Waals surface area (Å²) in [5, 5.41) is 20.2. The van der Waals surface area contributed by atoms with Crippen LogP contribution in [0.15, 0.2) is 58.6 Å². The molecular weight excluding hydrogens is 851 g/mol. The van der Waals surface area contributed by atoms with Gasteiger partial charge >= 0.3 is 11.6 Å². The summed E-state index contributed by atoms with van der Waals surface area (Å²) in [6, 6.07) is 7.76. The topological polar surface area (TPSA) is 172 Å². The summed E-state index contributed by atoms with van der Waals surface area (Å²) in [6.45, 7) is 12.1. The Balaban J connectivity index is 0.000000241. The van der Waals surface area contributed by atoms with Gasteiger partial charge in [0.2, 0.25) is 11.8 Å². The molecule has 6 aromatic rings. The first-order valence-corrected chi connectivity index (χ1v) is 20.4. The fourth-order valence-electron chi connectivity index (χ4n) is 7.71. The summed E-state index contributed by atoms with van der Waals surface area (Å²) in [5.41, 5.74) is 6.30. The molecule has 324 valence electrons. The maximum atomic E-state index is 13.3. The second kappa shape index (κ2) is 19.1. The molecule has 0 radical (unpaired) electrons. The number of carbonyl (C=O) groups excluding carboxylic acids is 2. The molecular formula is C42H47Cl3N8O8. The van der Waals surface area contributed by atoms with Crippen molar-refractivity contribution in [2.75, 3.05) is 6.61 Å². The molecule has 8 rings (SSSR count). The van der Waals surface area contributed by atoms with Gasteiger partial charge in [-0.15, -0.1) is 0 Å². The van der Waals surface area contributed by atoms with Gasteiger partial charge in [0.1, 0.15) is 17.2 Å². The van der Waals surface area contributed by atoms with Crippen LogP contribution in [-0.2, 0) is 35.7 Å². The van der Waals surface area contributed by atoms with Crippen molar-refractivity contribution in [1.29, 1.82) is 0 Å². The van der Waals surface area contributed by atoms with Crippen molar-refractivity contribution in [3.8, 4) is 57.9 Å². The molecule has 1 N–H and O–H groups in total. The van der Waals surface area contributed by atoms with E-state index in [1.807, 2.05) is 52.0 Å². The number of benzene rings is 2. The minimum absolute atomic E-state index is 0. The number of fused-ring (bicyclic) bond motifs is 2. The summed E-state index contributed by atoms with van der Waals surface area (Å²) in [4.78, 5) is 47.7. The predicted octanol–water partition coefficient (Wildman–Crippen LogP) is 8.82. The van der Waals surface area contributed by atoms with Crippen LogP contribution in [0.5, 0.6) is 11.8 Å². The number of carbonyl (C=O) groups is 2. The van der Waals surface area contributed by atoms with E-state index < -0.39 is 11.6 Å². The van der Waals surface area contributed by atoms with Gasteiger partial charge in [-0.25, -0.2) is 28.3 Å². The fourth-order valence-corrected chi connectivity index (χ4v) is 8.03. The molecule has 6 heterocycles. The summed E-state index contributed by atoms with van der Waals surface area (Å²) in [6.07, 6.45) is 15.6. The van der Waals surface area contributed by atoms with Gasteiger partial charge in [-0.2, -0.15) is 10.2 Å². The van der Waals surface area contributed by atoms with E-state index in [2.05, 4.69) is 33.0 Å². The second-order valence-corrected chi connectivity index (χ2v) is 15.4. The van der Waals surface area contributed by atoms with E-state index in [0.29, 0.717) is 47.4 Å². The standard InChI is InChI=1S/C21H23ClN4O4.C18H19ClN4O2.C3HClO2.2H2/c1-4-29-21(28)30-20-18(19(27)25-7-5-6-8-26(20)25)17-13(2)9-16(10-14(17)3)24-12-15(22)11-23-24;1-11-7-14(21-10-13(19)9-20-21)8-12(2)15(11)16-17(24)22-5-3-4-6-23(22)18(16)25;1-2-6-3(4)5;;/h9-12H,4-8H2,1-3H3;7-10,24H,3-6H2,1-2H3;1H;2*1H. The van der Waals surface area contributed by atoms with E-state index in [9.17, 15) is 24.3 Å². The smallest absolute Gasteiger partial charge is 0.493 e. The molecule has 0 fully saturated rings. The Hall–Kier alpha value is -6.15. The van der Waals surface area contributed by atoms with E-state index in [4.69, 9.17) is 32.7 Å². The van der Waals surface area contributed by atoms with Crippen molar-refractivity contribution in [3.63, 3.8) is 0 Å². The first-order chi connectivity index (χ1) is 29.1. The van der Waals surface area contributed by atoms with Crippen molar-refractivity contribution < 1.29 is 31.8 Å². The fraction of sp³-hybridized carbons (Fsp3) is 0.333. The van der Waals surface area contributed by atoms with Crippen LogP contribution < -0.4 is 15.9 Å². The quantitative estimate of drug-likeness (QED) is 0.0968. The number of terminal acetylenes is 1. The molecule has 0 aliphatic carbocycles. The summed E-state index contributed by atoms with van der Waals surface area (Å²) < 4.78 is 24.3. The first kappa shape index (κ1) is 44.4. The lowest BCUT2D eigenvalue weighted by molar-refractivity contribution is 0.0990. The maximum Gasteiger partial charge on any atom is 0.515 e. The van der Waals surface area contributed by atoms with Gasteiger partial charge in [0.25, 0.3) is 11.1 Å². The van der Waals surface area contributed by atoms with Crippen molar-refractivity contribution >= 4 is 46.4 Å². The number of ether oxygens (including phenoxy) is 3. The molecule has 2 aliphatic heterocycles. The zero-order chi connectivity index (χ0) is 44.1. The van der Waals surface area contributed by atoms with Crippen LogP contribution in [0, 0.1) is 40.2 Å². The molecule has 2 aromatic carbocycles. The van der Waals surface area contributed by atoms with Crippen molar-refractivity contribution in [3.05, 3.63) is 102 Å². The average Bonchev–Trinajstić information content (AvgIpc) is 3.98. The van der Waals surface area contributed by atoms with Crippen LogP contribution >= 0.6 is 34.8 Å². The van der Waals surface area contributed by atoms with Crippen LogP contribution in [0.25, 0.3) is 33.6 Å². The number of nitrogens with zero attached hydrogens (tertiary/aromatic N) is 8. The molecule has 4 aromatic heterocycles. The van der Waals surface area contributed by atoms with Crippen molar-refractivity contribution in [2.24, 2.45) is 0 Å². The summed E-state index contributed by atoms with van der Waals surface area (Å²) in [5.74, 6) is 0.296. The Kier molecular flexibility index (Phi) is 13.9. The number of aromatic nitrogens is 8. The van der Waals surface area contributed by atoms with Crippen LogP contribution in [0.4, 0.5) is 9.59 Å². The van der Waals surface area contributed by atoms with Gasteiger partial charge in [-0.05, 0) is 118 Å². The van der Waals surface area contributed by atoms with Gasteiger partial charge < -0.3 is 19.3 Å². The van der Waals surface area contributed by atoms with E-state index >= 15 is 0 Å². The van der Waals surface area contributed by atoms with E-state index in [0.717, 1.165) is 70.4 Å². The third kappa shape index (κ3) is 9.44. The Labute approximate surface area is 368 Å². The molecule has 2 aliphatic rings. The third-order valence-corrected chi connectivity index (χ3v) is 10.6. The van der Waals surface area contributed by atoms with Crippen LogP contribution in [0.1, 0.15) is 57.7 Å². The highest BCUT2D eigenvalue weighted by Crippen LogP contribution is 2.37. The zero-order valence-corrected chi connectivity index (χ0v) is 36.3. The molecule has 0 spiro atoms. The molecule has 16 nitrogen and oxygen atoms in total. The zero-order valence-electron chi connectivity index (χ0n) is 34.1. The Morgan fingerprint density at radius 3 is 1.56 bits per heavy atom. The number of hydrogen-bond donors (Lipinski definition) is 1. The van der Waals surface area contributed by atoms with E-state index in [-0.39, 0.29) is 32.3 Å². The minimum atomic E-state index is -0.975. The lowest BCUT2D eigenvalue weighted by Gasteiger charge is -2.18. The largest absolute Gasteiger partial charge is 0.515 e. The van der Waals surface area contributed by atoms with Gasteiger partial charge in [0.05, 0.1) is 40.4 Å². The molecule has 0 saturated heterocycles. The molecule has 19 heteroatoms. The van der Waals surface area contributed by atoms with Crippen LogP contribution in [0.3, 0.4) is 0 Å².